The maximum atomic E-state index is 12.1. The first-order valence-electron chi connectivity index (χ1n) is 6.83. The van der Waals surface area contributed by atoms with Gasteiger partial charge in [0.15, 0.2) is 6.61 Å². The molecule has 0 amide bonds. The summed E-state index contributed by atoms with van der Waals surface area (Å²) in [6.07, 6.45) is 2.36. The molecule has 0 radical (unpaired) electrons. The molecule has 0 spiro atoms. The molecular weight excluding hydrogens is 294 g/mol. The molecule has 21 heavy (non-hydrogen) atoms. The zero-order valence-electron chi connectivity index (χ0n) is 11.8. The van der Waals surface area contributed by atoms with Crippen LogP contribution in [0.4, 0.5) is 0 Å². The van der Waals surface area contributed by atoms with Crippen molar-refractivity contribution >= 4 is 16.0 Å². The second kappa shape index (κ2) is 6.44. The van der Waals surface area contributed by atoms with E-state index < -0.39 is 22.6 Å². The number of hydrogen-bond acceptors (Lipinski definition) is 4. The van der Waals surface area contributed by atoms with E-state index in [2.05, 4.69) is 4.72 Å². The van der Waals surface area contributed by atoms with Crippen LogP contribution in [-0.2, 0) is 14.8 Å². The molecule has 1 aliphatic rings. The minimum Gasteiger partial charge on any atom is -0.482 e. The lowest BCUT2D eigenvalue weighted by Crippen LogP contribution is -2.29. The van der Waals surface area contributed by atoms with Gasteiger partial charge in [-0.05, 0) is 48.9 Å². The van der Waals surface area contributed by atoms with Crippen molar-refractivity contribution < 1.29 is 23.1 Å². The third-order valence-electron chi connectivity index (χ3n) is 3.52. The quantitative estimate of drug-likeness (QED) is 0.758. The molecule has 6 nitrogen and oxygen atoms in total. The predicted molar refractivity (Wildman–Crippen MR) is 76.6 cm³/mol. The SMILES string of the molecule is CC(CNS(=O)(=O)c1ccc(OCC(=O)O)cc1)C1CC1. The summed E-state index contributed by atoms with van der Waals surface area (Å²) in [6, 6.07) is 5.70. The fourth-order valence-electron chi connectivity index (χ4n) is 2.02. The van der Waals surface area contributed by atoms with E-state index in [0.29, 0.717) is 24.1 Å². The van der Waals surface area contributed by atoms with E-state index in [1.165, 1.54) is 37.1 Å². The number of hydrogen-bond donors (Lipinski definition) is 2. The standard InChI is InChI=1S/C14H19NO5S/c1-10(11-2-3-11)8-15-21(18,19)13-6-4-12(5-7-13)20-9-14(16)17/h4-7,10-11,15H,2-3,8-9H2,1H3,(H,16,17). The van der Waals surface area contributed by atoms with E-state index in [1.807, 2.05) is 6.92 Å². The highest BCUT2D eigenvalue weighted by molar-refractivity contribution is 7.89. The number of ether oxygens (including phenoxy) is 1. The van der Waals surface area contributed by atoms with Crippen LogP contribution in [0.5, 0.6) is 5.75 Å². The number of carboxylic acids is 1. The highest BCUT2D eigenvalue weighted by atomic mass is 32.2. The zero-order valence-corrected chi connectivity index (χ0v) is 12.6. The first-order valence-corrected chi connectivity index (χ1v) is 8.31. The summed E-state index contributed by atoms with van der Waals surface area (Å²) in [5.74, 6) is 0.225. The largest absolute Gasteiger partial charge is 0.482 e. The van der Waals surface area contributed by atoms with Crippen LogP contribution in [0.15, 0.2) is 29.2 Å². The van der Waals surface area contributed by atoms with E-state index in [4.69, 9.17) is 9.84 Å². The average molecular weight is 313 g/mol. The van der Waals surface area contributed by atoms with Gasteiger partial charge in [-0.2, -0.15) is 0 Å². The molecule has 1 aromatic rings. The normalized spacial score (nSPS) is 16.4. The Balaban J connectivity index is 1.94. The lowest BCUT2D eigenvalue weighted by molar-refractivity contribution is -0.139. The average Bonchev–Trinajstić information content (AvgIpc) is 3.27. The molecule has 2 N–H and O–H groups in total. The van der Waals surface area contributed by atoms with Gasteiger partial charge in [0.25, 0.3) is 0 Å². The number of aliphatic carboxylic acids is 1. The van der Waals surface area contributed by atoms with Crippen molar-refractivity contribution in [3.8, 4) is 5.75 Å². The van der Waals surface area contributed by atoms with E-state index >= 15 is 0 Å². The third kappa shape index (κ3) is 4.71. The van der Waals surface area contributed by atoms with Crippen LogP contribution in [0.25, 0.3) is 0 Å². The van der Waals surface area contributed by atoms with Gasteiger partial charge in [-0.1, -0.05) is 6.92 Å². The monoisotopic (exact) mass is 313 g/mol. The molecule has 1 saturated carbocycles. The summed E-state index contributed by atoms with van der Waals surface area (Å²) >= 11 is 0. The molecule has 1 aromatic carbocycles. The summed E-state index contributed by atoms with van der Waals surface area (Å²) in [6.45, 7) is 2.02. The molecule has 0 bridgehead atoms. The van der Waals surface area contributed by atoms with Crippen LogP contribution in [0.2, 0.25) is 0 Å². The predicted octanol–water partition coefficient (Wildman–Crippen LogP) is 1.47. The summed E-state index contributed by atoms with van der Waals surface area (Å²) in [5.41, 5.74) is 0. The summed E-state index contributed by atoms with van der Waals surface area (Å²) in [7, 11) is -3.53. The van der Waals surface area contributed by atoms with Crippen LogP contribution >= 0.6 is 0 Å². The summed E-state index contributed by atoms with van der Waals surface area (Å²) < 4.78 is 31.8. The Kier molecular flexibility index (Phi) is 4.84. The van der Waals surface area contributed by atoms with E-state index in [-0.39, 0.29) is 4.90 Å². The fraction of sp³-hybridized carbons (Fsp3) is 0.500. The van der Waals surface area contributed by atoms with Crippen LogP contribution < -0.4 is 9.46 Å². The molecule has 2 rings (SSSR count). The highest BCUT2D eigenvalue weighted by Gasteiger charge is 2.28. The van der Waals surface area contributed by atoms with Gasteiger partial charge >= 0.3 is 5.97 Å². The Hall–Kier alpha value is -1.60. The van der Waals surface area contributed by atoms with E-state index in [9.17, 15) is 13.2 Å². The molecule has 1 fully saturated rings. The van der Waals surface area contributed by atoms with Gasteiger partial charge < -0.3 is 9.84 Å². The van der Waals surface area contributed by atoms with Crippen molar-refractivity contribution in [3.63, 3.8) is 0 Å². The first-order chi connectivity index (χ1) is 9.88. The molecular formula is C14H19NO5S. The van der Waals surface area contributed by atoms with Crippen LogP contribution in [-0.4, -0.2) is 32.6 Å². The Labute approximate surface area is 124 Å². The number of rotatable bonds is 8. The molecule has 1 aliphatic carbocycles. The second-order valence-corrected chi connectivity index (χ2v) is 7.09. The van der Waals surface area contributed by atoms with Gasteiger partial charge in [0, 0.05) is 6.54 Å². The van der Waals surface area contributed by atoms with E-state index in [0.717, 1.165) is 0 Å². The molecule has 0 aliphatic heterocycles. The Morgan fingerprint density at radius 3 is 2.52 bits per heavy atom. The molecule has 7 heteroatoms. The first kappa shape index (κ1) is 15.8. The van der Waals surface area contributed by atoms with Gasteiger partial charge in [-0.3, -0.25) is 0 Å². The number of benzene rings is 1. The molecule has 1 unspecified atom stereocenters. The molecule has 116 valence electrons. The lowest BCUT2D eigenvalue weighted by atomic mass is 10.1. The molecule has 1 atom stereocenters. The van der Waals surface area contributed by atoms with Crippen LogP contribution in [0.1, 0.15) is 19.8 Å². The van der Waals surface area contributed by atoms with Gasteiger partial charge in [-0.15, -0.1) is 0 Å². The zero-order chi connectivity index (χ0) is 15.5. The molecule has 0 heterocycles. The number of nitrogens with one attached hydrogen (secondary N) is 1. The van der Waals surface area contributed by atoms with Crippen molar-refractivity contribution in [2.75, 3.05) is 13.2 Å². The van der Waals surface area contributed by atoms with Crippen LogP contribution in [0.3, 0.4) is 0 Å². The second-order valence-electron chi connectivity index (χ2n) is 5.32. The topological polar surface area (TPSA) is 92.7 Å². The Morgan fingerprint density at radius 1 is 1.38 bits per heavy atom. The van der Waals surface area contributed by atoms with Crippen molar-refractivity contribution in [1.29, 1.82) is 0 Å². The minimum absolute atomic E-state index is 0.146. The van der Waals surface area contributed by atoms with Crippen molar-refractivity contribution in [2.24, 2.45) is 11.8 Å². The van der Waals surface area contributed by atoms with Gasteiger partial charge in [0.1, 0.15) is 5.75 Å². The van der Waals surface area contributed by atoms with Gasteiger partial charge in [0.05, 0.1) is 4.90 Å². The third-order valence-corrected chi connectivity index (χ3v) is 4.96. The number of sulfonamides is 1. The van der Waals surface area contributed by atoms with Gasteiger partial charge in [-0.25, -0.2) is 17.9 Å². The fourth-order valence-corrected chi connectivity index (χ4v) is 3.16. The van der Waals surface area contributed by atoms with Crippen molar-refractivity contribution in [1.82, 2.24) is 4.72 Å². The molecule has 0 aromatic heterocycles. The lowest BCUT2D eigenvalue weighted by Gasteiger charge is -2.12. The van der Waals surface area contributed by atoms with Gasteiger partial charge in [0.2, 0.25) is 10.0 Å². The highest BCUT2D eigenvalue weighted by Crippen LogP contribution is 2.36. The minimum atomic E-state index is -3.53. The number of carbonyl (C=O) groups is 1. The smallest absolute Gasteiger partial charge is 0.341 e. The maximum Gasteiger partial charge on any atom is 0.341 e. The van der Waals surface area contributed by atoms with Crippen LogP contribution in [0, 0.1) is 11.8 Å². The summed E-state index contributed by atoms with van der Waals surface area (Å²) in [5, 5.41) is 8.50. The Morgan fingerprint density at radius 2 is 2.00 bits per heavy atom. The maximum absolute atomic E-state index is 12.1. The Bertz CT molecular complexity index is 592. The summed E-state index contributed by atoms with van der Waals surface area (Å²) in [4.78, 5) is 10.5. The van der Waals surface area contributed by atoms with Crippen molar-refractivity contribution in [2.45, 2.75) is 24.7 Å². The number of carboxylic acid groups (broad SMARTS) is 1. The van der Waals surface area contributed by atoms with E-state index in [1.54, 1.807) is 0 Å². The van der Waals surface area contributed by atoms with Crippen molar-refractivity contribution in [3.05, 3.63) is 24.3 Å². The molecule has 0 saturated heterocycles.